The van der Waals surface area contributed by atoms with Crippen LogP contribution in [0.3, 0.4) is 0 Å². The summed E-state index contributed by atoms with van der Waals surface area (Å²) in [4.78, 5) is 2.53. The molecule has 0 aliphatic carbocycles. The van der Waals surface area contributed by atoms with E-state index >= 15 is 0 Å². The summed E-state index contributed by atoms with van der Waals surface area (Å²) in [5, 5.41) is 21.7. The summed E-state index contributed by atoms with van der Waals surface area (Å²) in [6.07, 6.45) is -0.858. The highest BCUT2D eigenvalue weighted by Crippen LogP contribution is 2.18. The van der Waals surface area contributed by atoms with Gasteiger partial charge < -0.3 is 10.2 Å². The number of benzene rings is 1. The van der Waals surface area contributed by atoms with Gasteiger partial charge in [-0.2, -0.15) is 0 Å². The van der Waals surface area contributed by atoms with Gasteiger partial charge in [-0.15, -0.1) is 0 Å². The molecule has 0 aliphatic rings. The zero-order valence-corrected chi connectivity index (χ0v) is 11.8. The second-order valence-corrected chi connectivity index (χ2v) is 3.52. The molecular weight excluding hydrogens is 266 g/mol. The fraction of sp³-hybridized carbons (Fsp3) is 0.250. The third kappa shape index (κ3) is 9.54. The number of rotatable bonds is 3. The summed E-state index contributed by atoms with van der Waals surface area (Å²) in [5.74, 6) is 15.6. The van der Waals surface area contributed by atoms with E-state index in [0.717, 1.165) is 0 Å². The number of phenolic OH excluding ortho intramolecular Hbond substituents is 1. The zero-order chi connectivity index (χ0) is 15.9. The predicted octanol–water partition coefficient (Wildman–Crippen LogP) is 2.77. The van der Waals surface area contributed by atoms with E-state index in [1.165, 1.54) is 12.1 Å². The van der Waals surface area contributed by atoms with E-state index in [1.807, 2.05) is 0 Å². The molecule has 1 rings (SSSR count). The van der Waals surface area contributed by atoms with Crippen LogP contribution in [0.2, 0.25) is 0 Å². The molecule has 0 saturated carbocycles. The highest BCUT2D eigenvalue weighted by atomic mass is 16.3. The van der Waals surface area contributed by atoms with Crippen molar-refractivity contribution in [2.45, 2.75) is 20.0 Å². The first-order chi connectivity index (χ1) is 10.2. The van der Waals surface area contributed by atoms with Crippen molar-refractivity contribution in [2.75, 3.05) is 6.54 Å². The van der Waals surface area contributed by atoms with Gasteiger partial charge in [0, 0.05) is 4.91 Å². The standard InChI is InChI=1S/C8H9N3O2.C8H6/c9-11-10-5-8(13)6-2-1-3-7(12)4-6;1-3-5-7-8-6-4-2/h1-4,8,12-13H,5H2;1-2H3. The molecule has 0 heterocycles. The Morgan fingerprint density at radius 2 is 1.81 bits per heavy atom. The minimum atomic E-state index is -0.858. The molecule has 5 heteroatoms. The van der Waals surface area contributed by atoms with E-state index in [9.17, 15) is 5.11 Å². The van der Waals surface area contributed by atoms with Crippen molar-refractivity contribution in [1.29, 1.82) is 0 Å². The summed E-state index contributed by atoms with van der Waals surface area (Å²) in [6.45, 7) is 3.46. The Labute approximate surface area is 124 Å². The molecule has 1 atom stereocenters. The summed E-state index contributed by atoms with van der Waals surface area (Å²) >= 11 is 0. The third-order valence-corrected chi connectivity index (χ3v) is 2.01. The van der Waals surface area contributed by atoms with Gasteiger partial charge >= 0.3 is 0 Å². The maximum Gasteiger partial charge on any atom is 0.115 e. The zero-order valence-electron chi connectivity index (χ0n) is 11.8. The van der Waals surface area contributed by atoms with Crippen LogP contribution in [0.5, 0.6) is 5.75 Å². The maximum atomic E-state index is 9.40. The number of aliphatic hydroxyl groups excluding tert-OH is 1. The Morgan fingerprint density at radius 1 is 1.19 bits per heavy atom. The quantitative estimate of drug-likeness (QED) is 0.386. The van der Waals surface area contributed by atoms with Crippen LogP contribution in [0.25, 0.3) is 10.4 Å². The van der Waals surface area contributed by atoms with E-state index in [1.54, 1.807) is 26.0 Å². The van der Waals surface area contributed by atoms with Crippen LogP contribution < -0.4 is 0 Å². The fourth-order valence-electron chi connectivity index (χ4n) is 1.14. The number of aromatic hydroxyl groups is 1. The van der Waals surface area contributed by atoms with Crippen molar-refractivity contribution in [3.8, 4) is 41.3 Å². The largest absolute Gasteiger partial charge is 0.508 e. The van der Waals surface area contributed by atoms with Gasteiger partial charge in [-0.05, 0) is 60.8 Å². The Morgan fingerprint density at radius 3 is 2.29 bits per heavy atom. The Hall–Kier alpha value is -3.03. The summed E-state index contributed by atoms with van der Waals surface area (Å²) in [5.41, 5.74) is 8.55. The smallest absolute Gasteiger partial charge is 0.115 e. The monoisotopic (exact) mass is 281 g/mol. The molecule has 21 heavy (non-hydrogen) atoms. The fourth-order valence-corrected chi connectivity index (χ4v) is 1.14. The number of azide groups is 1. The molecule has 2 N–H and O–H groups in total. The number of aliphatic hydroxyl groups is 1. The Bertz CT molecular complexity index is 648. The number of phenols is 1. The number of hydrogen-bond acceptors (Lipinski definition) is 3. The van der Waals surface area contributed by atoms with Gasteiger partial charge in [0.15, 0.2) is 0 Å². The van der Waals surface area contributed by atoms with Gasteiger partial charge in [-0.25, -0.2) is 0 Å². The lowest BCUT2D eigenvalue weighted by atomic mass is 10.1. The van der Waals surface area contributed by atoms with Gasteiger partial charge in [0.25, 0.3) is 0 Å². The molecule has 1 unspecified atom stereocenters. The van der Waals surface area contributed by atoms with Gasteiger partial charge in [0.05, 0.1) is 12.6 Å². The molecule has 0 amide bonds. The summed E-state index contributed by atoms with van der Waals surface area (Å²) < 4.78 is 0. The molecule has 0 spiro atoms. The number of nitrogens with zero attached hydrogens (tertiary/aromatic N) is 3. The van der Waals surface area contributed by atoms with Crippen LogP contribution >= 0.6 is 0 Å². The van der Waals surface area contributed by atoms with Crippen LogP contribution in [0.4, 0.5) is 0 Å². The highest BCUT2D eigenvalue weighted by molar-refractivity contribution is 5.34. The first-order valence-corrected chi connectivity index (χ1v) is 5.97. The number of hydrogen-bond donors (Lipinski definition) is 2. The lowest BCUT2D eigenvalue weighted by molar-refractivity contribution is 0.186. The maximum absolute atomic E-state index is 9.40. The molecule has 0 fully saturated rings. The van der Waals surface area contributed by atoms with E-state index in [-0.39, 0.29) is 12.3 Å². The Balaban J connectivity index is 0.000000433. The van der Waals surface area contributed by atoms with Crippen LogP contribution in [-0.2, 0) is 0 Å². The lowest BCUT2D eigenvalue weighted by Crippen LogP contribution is -1.99. The molecule has 0 aliphatic heterocycles. The predicted molar refractivity (Wildman–Crippen MR) is 81.8 cm³/mol. The summed E-state index contributed by atoms with van der Waals surface area (Å²) in [6, 6.07) is 6.20. The van der Waals surface area contributed by atoms with Gasteiger partial charge in [-0.3, -0.25) is 0 Å². The molecule has 5 nitrogen and oxygen atoms in total. The molecule has 1 aromatic rings. The molecule has 0 saturated heterocycles. The summed E-state index contributed by atoms with van der Waals surface area (Å²) in [7, 11) is 0. The first kappa shape index (κ1) is 18.0. The average molecular weight is 281 g/mol. The SMILES string of the molecule is CC#CC#CC#CC.[N-]=[N+]=NCC(O)c1cccc(O)c1. The first-order valence-electron chi connectivity index (χ1n) is 5.97. The van der Waals surface area contributed by atoms with Crippen molar-refractivity contribution in [3.05, 3.63) is 40.3 Å². The molecule has 0 radical (unpaired) electrons. The van der Waals surface area contributed by atoms with E-state index < -0.39 is 6.10 Å². The molecule has 0 aromatic heterocycles. The van der Waals surface area contributed by atoms with Crippen LogP contribution in [0.1, 0.15) is 25.5 Å². The second kappa shape index (κ2) is 12.0. The van der Waals surface area contributed by atoms with Crippen LogP contribution in [0, 0.1) is 35.5 Å². The van der Waals surface area contributed by atoms with Crippen LogP contribution in [-0.4, -0.2) is 16.8 Å². The van der Waals surface area contributed by atoms with Gasteiger partial charge in [0.1, 0.15) is 5.75 Å². The minimum Gasteiger partial charge on any atom is -0.508 e. The van der Waals surface area contributed by atoms with E-state index in [4.69, 9.17) is 10.6 Å². The van der Waals surface area contributed by atoms with Gasteiger partial charge in [-0.1, -0.05) is 29.1 Å². The third-order valence-electron chi connectivity index (χ3n) is 2.01. The van der Waals surface area contributed by atoms with Gasteiger partial charge in [0.2, 0.25) is 0 Å². The normalized spacial score (nSPS) is 8.71. The molecule has 106 valence electrons. The Kier molecular flexibility index (Phi) is 10.3. The molecule has 1 aromatic carbocycles. The van der Waals surface area contributed by atoms with Crippen molar-refractivity contribution in [3.63, 3.8) is 0 Å². The second-order valence-electron chi connectivity index (χ2n) is 3.52. The van der Waals surface area contributed by atoms with E-state index in [0.29, 0.717) is 5.56 Å². The van der Waals surface area contributed by atoms with Crippen molar-refractivity contribution >= 4 is 0 Å². The van der Waals surface area contributed by atoms with Crippen LogP contribution in [0.15, 0.2) is 29.4 Å². The average Bonchev–Trinajstić information content (AvgIpc) is 2.50. The lowest BCUT2D eigenvalue weighted by Gasteiger charge is -2.06. The molecule has 0 bridgehead atoms. The van der Waals surface area contributed by atoms with Crippen molar-refractivity contribution in [2.24, 2.45) is 5.11 Å². The van der Waals surface area contributed by atoms with Crippen molar-refractivity contribution < 1.29 is 10.2 Å². The highest BCUT2D eigenvalue weighted by Gasteiger charge is 2.05. The molecular formula is C16H15N3O2. The minimum absolute atomic E-state index is 0.0278. The topological polar surface area (TPSA) is 89.2 Å². The van der Waals surface area contributed by atoms with E-state index in [2.05, 4.69) is 45.5 Å². The van der Waals surface area contributed by atoms with Crippen molar-refractivity contribution in [1.82, 2.24) is 0 Å².